The van der Waals surface area contributed by atoms with E-state index < -0.39 is 10.0 Å². The summed E-state index contributed by atoms with van der Waals surface area (Å²) in [5.41, 5.74) is 1.46. The maximum Gasteiger partial charge on any atom is 0.326 e. The second-order valence-corrected chi connectivity index (χ2v) is 8.62. The molecule has 0 unspecified atom stereocenters. The Balaban J connectivity index is 1.58. The predicted molar refractivity (Wildman–Crippen MR) is 97.8 cm³/mol. The first kappa shape index (κ1) is 17.3. The van der Waals surface area contributed by atoms with Crippen LogP contribution in [0, 0.1) is 0 Å². The van der Waals surface area contributed by atoms with Crippen molar-refractivity contribution in [1.82, 2.24) is 23.4 Å². The first-order valence-electron chi connectivity index (χ1n) is 8.26. The number of aryl methyl sites for hydroxylation is 1. The van der Waals surface area contributed by atoms with Gasteiger partial charge in [-0.15, -0.1) is 0 Å². The molecule has 0 spiro atoms. The van der Waals surface area contributed by atoms with Crippen molar-refractivity contribution in [1.29, 1.82) is 0 Å². The maximum atomic E-state index is 12.8. The van der Waals surface area contributed by atoms with Crippen LogP contribution in [0.15, 0.2) is 40.4 Å². The highest BCUT2D eigenvalue weighted by molar-refractivity contribution is 7.89. The number of halogens is 1. The molecule has 4 rings (SSSR count). The second kappa shape index (κ2) is 6.26. The minimum atomic E-state index is -3.74. The number of rotatable bonds is 3. The Bertz CT molecular complexity index is 1120. The molecular formula is C16H18ClN5O3S. The third-order valence-electron chi connectivity index (χ3n) is 4.83. The number of H-pyrrole nitrogens is 1. The van der Waals surface area contributed by atoms with Crippen LogP contribution in [-0.2, 0) is 17.1 Å². The Hall–Kier alpha value is -2.10. The number of aromatic amines is 1. The van der Waals surface area contributed by atoms with Crippen LogP contribution in [0.25, 0.3) is 11.0 Å². The normalized spacial score (nSPS) is 17.2. The molecule has 2 aromatic heterocycles. The molecule has 0 atom stereocenters. The van der Waals surface area contributed by atoms with E-state index >= 15 is 0 Å². The van der Waals surface area contributed by atoms with Gasteiger partial charge in [0, 0.05) is 26.2 Å². The van der Waals surface area contributed by atoms with E-state index in [1.807, 2.05) is 24.3 Å². The number of nitrogens with one attached hydrogen (secondary N) is 1. The highest BCUT2D eigenvalue weighted by Gasteiger charge is 2.34. The van der Waals surface area contributed by atoms with E-state index in [0.29, 0.717) is 25.9 Å². The van der Waals surface area contributed by atoms with Crippen molar-refractivity contribution >= 4 is 32.7 Å². The van der Waals surface area contributed by atoms with E-state index in [9.17, 15) is 13.2 Å². The third kappa shape index (κ3) is 2.67. The molecule has 0 bridgehead atoms. The van der Waals surface area contributed by atoms with Crippen LogP contribution in [0.5, 0.6) is 0 Å². The topological polar surface area (TPSA) is 93.0 Å². The lowest BCUT2D eigenvalue weighted by Gasteiger charge is -2.31. The Morgan fingerprint density at radius 3 is 2.58 bits per heavy atom. The lowest BCUT2D eigenvalue weighted by atomic mass is 10.1. The molecule has 3 heterocycles. The summed E-state index contributed by atoms with van der Waals surface area (Å²) in [6.45, 7) is 0.623. The number of imidazole rings is 2. The first-order valence-corrected chi connectivity index (χ1v) is 10.1. The molecule has 26 heavy (non-hydrogen) atoms. The molecule has 1 saturated heterocycles. The summed E-state index contributed by atoms with van der Waals surface area (Å²) in [5, 5.41) is -0.0238. The fourth-order valence-electron chi connectivity index (χ4n) is 3.47. The van der Waals surface area contributed by atoms with Crippen LogP contribution >= 0.6 is 11.6 Å². The number of hydrogen-bond donors (Lipinski definition) is 1. The molecule has 3 aromatic rings. The monoisotopic (exact) mass is 395 g/mol. The molecular weight excluding hydrogens is 378 g/mol. The Kier molecular flexibility index (Phi) is 4.17. The van der Waals surface area contributed by atoms with Gasteiger partial charge < -0.3 is 9.55 Å². The van der Waals surface area contributed by atoms with E-state index in [-0.39, 0.29) is 21.9 Å². The number of para-hydroxylation sites is 2. The van der Waals surface area contributed by atoms with E-state index in [4.69, 9.17) is 11.6 Å². The van der Waals surface area contributed by atoms with Gasteiger partial charge in [0.25, 0.3) is 10.0 Å². The molecule has 0 amide bonds. The van der Waals surface area contributed by atoms with Gasteiger partial charge in [-0.2, -0.15) is 4.31 Å². The Morgan fingerprint density at radius 2 is 1.92 bits per heavy atom. The van der Waals surface area contributed by atoms with Gasteiger partial charge >= 0.3 is 5.69 Å². The predicted octanol–water partition coefficient (Wildman–Crippen LogP) is 1.74. The van der Waals surface area contributed by atoms with E-state index in [0.717, 1.165) is 11.0 Å². The molecule has 1 aliphatic rings. The number of hydrogen-bond acceptors (Lipinski definition) is 4. The van der Waals surface area contributed by atoms with Gasteiger partial charge in [-0.05, 0) is 25.0 Å². The second-order valence-electron chi connectivity index (χ2n) is 6.40. The number of nitrogens with zero attached hydrogens (tertiary/aromatic N) is 4. The minimum absolute atomic E-state index is 0.0516. The van der Waals surface area contributed by atoms with Gasteiger partial charge in [0.05, 0.1) is 17.4 Å². The summed E-state index contributed by atoms with van der Waals surface area (Å²) in [4.78, 5) is 19.1. The molecule has 1 N–H and O–H groups in total. The first-order chi connectivity index (χ1) is 12.4. The molecule has 10 heteroatoms. The van der Waals surface area contributed by atoms with E-state index in [1.54, 1.807) is 11.6 Å². The molecule has 8 nitrogen and oxygen atoms in total. The molecule has 0 saturated carbocycles. The minimum Gasteiger partial charge on any atom is -0.324 e. The number of aromatic nitrogens is 4. The quantitative estimate of drug-likeness (QED) is 0.731. The molecule has 0 radical (unpaired) electrons. The van der Waals surface area contributed by atoms with Crippen molar-refractivity contribution < 1.29 is 8.42 Å². The molecule has 0 aliphatic carbocycles. The lowest BCUT2D eigenvalue weighted by molar-refractivity contribution is 0.274. The average molecular weight is 396 g/mol. The number of fused-ring (bicyclic) bond motifs is 1. The molecule has 138 valence electrons. The maximum absolute atomic E-state index is 12.8. The van der Waals surface area contributed by atoms with Gasteiger partial charge in [-0.25, -0.2) is 18.2 Å². The molecule has 1 aliphatic heterocycles. The van der Waals surface area contributed by atoms with Crippen LogP contribution in [0.3, 0.4) is 0 Å². The van der Waals surface area contributed by atoms with Crippen molar-refractivity contribution in [2.75, 3.05) is 13.1 Å². The van der Waals surface area contributed by atoms with E-state index in [2.05, 4.69) is 9.97 Å². The SMILES string of the molecule is Cn1cnc(S(=O)(=O)N2CCC(n3c(=O)[nH]c4ccccc43)CC2)c1Cl. The molecule has 1 fully saturated rings. The van der Waals surface area contributed by atoms with E-state index in [1.165, 1.54) is 15.2 Å². The smallest absolute Gasteiger partial charge is 0.324 e. The third-order valence-corrected chi connectivity index (χ3v) is 7.22. The van der Waals surface area contributed by atoms with Crippen LogP contribution in [0.1, 0.15) is 18.9 Å². The largest absolute Gasteiger partial charge is 0.326 e. The zero-order chi connectivity index (χ0) is 18.5. The zero-order valence-electron chi connectivity index (χ0n) is 14.1. The van der Waals surface area contributed by atoms with Gasteiger partial charge in [0.2, 0.25) is 5.03 Å². The van der Waals surface area contributed by atoms with Crippen molar-refractivity contribution in [2.45, 2.75) is 23.9 Å². The van der Waals surface area contributed by atoms with Crippen molar-refractivity contribution in [3.05, 3.63) is 46.2 Å². The van der Waals surface area contributed by atoms with Crippen LogP contribution in [-0.4, -0.2) is 44.9 Å². The lowest BCUT2D eigenvalue weighted by Crippen LogP contribution is -2.40. The van der Waals surface area contributed by atoms with Crippen molar-refractivity contribution in [3.63, 3.8) is 0 Å². The summed E-state index contributed by atoms with van der Waals surface area (Å²) in [6.07, 6.45) is 2.48. The number of piperidine rings is 1. The van der Waals surface area contributed by atoms with Crippen molar-refractivity contribution in [3.8, 4) is 0 Å². The van der Waals surface area contributed by atoms with Crippen LogP contribution in [0.4, 0.5) is 0 Å². The highest BCUT2D eigenvalue weighted by atomic mass is 35.5. The van der Waals surface area contributed by atoms with Crippen LogP contribution in [0.2, 0.25) is 5.15 Å². The number of benzene rings is 1. The van der Waals surface area contributed by atoms with Gasteiger partial charge in [-0.1, -0.05) is 23.7 Å². The molecule has 1 aromatic carbocycles. The standard InChI is InChI=1S/C16H18ClN5O3S/c1-20-10-18-15(14(20)17)26(24,25)21-8-6-11(7-9-21)22-13-5-3-2-4-12(13)19-16(22)23/h2-5,10-11H,6-9H2,1H3,(H,19,23). The van der Waals surface area contributed by atoms with Crippen LogP contribution < -0.4 is 5.69 Å². The average Bonchev–Trinajstić information content (AvgIpc) is 3.14. The fraction of sp³-hybridized carbons (Fsp3) is 0.375. The summed E-state index contributed by atoms with van der Waals surface area (Å²) >= 11 is 6.05. The summed E-state index contributed by atoms with van der Waals surface area (Å²) in [6, 6.07) is 7.45. The summed E-state index contributed by atoms with van der Waals surface area (Å²) in [7, 11) is -2.10. The van der Waals surface area contributed by atoms with Gasteiger partial charge in [0.15, 0.2) is 0 Å². The highest BCUT2D eigenvalue weighted by Crippen LogP contribution is 2.29. The summed E-state index contributed by atoms with van der Waals surface area (Å²) < 4.78 is 30.2. The van der Waals surface area contributed by atoms with Gasteiger partial charge in [0.1, 0.15) is 5.15 Å². The van der Waals surface area contributed by atoms with Crippen molar-refractivity contribution in [2.24, 2.45) is 7.05 Å². The Labute approximate surface area is 155 Å². The summed E-state index contributed by atoms with van der Waals surface area (Å²) in [5.74, 6) is 0. The fourth-order valence-corrected chi connectivity index (χ4v) is 5.32. The van der Waals surface area contributed by atoms with Gasteiger partial charge in [-0.3, -0.25) is 4.57 Å². The number of sulfonamides is 1. The zero-order valence-corrected chi connectivity index (χ0v) is 15.7. The Morgan fingerprint density at radius 1 is 1.23 bits per heavy atom.